The molecule has 0 saturated heterocycles. The van der Waals surface area contributed by atoms with E-state index in [2.05, 4.69) is 6.58 Å². The summed E-state index contributed by atoms with van der Waals surface area (Å²) >= 11 is 0. The lowest BCUT2D eigenvalue weighted by atomic mass is 10.0. The first-order chi connectivity index (χ1) is 11.4. The highest BCUT2D eigenvalue weighted by Crippen LogP contribution is 2.28. The van der Waals surface area contributed by atoms with Gasteiger partial charge in [-0.2, -0.15) is 4.68 Å². The SMILES string of the molecule is C=CCOC(=O)n1c(N)c(-c2ccccc2C)c(=O)n1C(C)CC. The Hall–Kier alpha value is -2.76. The summed E-state index contributed by atoms with van der Waals surface area (Å²) in [6.45, 7) is 9.26. The Balaban J connectivity index is 2.73. The summed E-state index contributed by atoms with van der Waals surface area (Å²) in [4.78, 5) is 25.4. The summed E-state index contributed by atoms with van der Waals surface area (Å²) in [6.07, 6.45) is 1.45. The Bertz CT molecular complexity index is 817. The lowest BCUT2D eigenvalue weighted by Crippen LogP contribution is -2.31. The zero-order valence-electron chi connectivity index (χ0n) is 14.3. The molecule has 1 aromatic heterocycles. The number of hydrogen-bond acceptors (Lipinski definition) is 4. The van der Waals surface area contributed by atoms with Crippen molar-refractivity contribution in [3.63, 3.8) is 0 Å². The topological polar surface area (TPSA) is 79.2 Å². The molecule has 0 aliphatic carbocycles. The summed E-state index contributed by atoms with van der Waals surface area (Å²) < 4.78 is 7.58. The molecular weight excluding hydrogens is 306 g/mol. The lowest BCUT2D eigenvalue weighted by molar-refractivity contribution is 0.150. The molecule has 6 heteroatoms. The van der Waals surface area contributed by atoms with Gasteiger partial charge in [-0.3, -0.25) is 4.79 Å². The fourth-order valence-electron chi connectivity index (χ4n) is 2.59. The molecule has 0 bridgehead atoms. The van der Waals surface area contributed by atoms with Crippen LogP contribution in [-0.4, -0.2) is 22.1 Å². The number of carbonyl (C=O) groups excluding carboxylic acids is 1. The van der Waals surface area contributed by atoms with Gasteiger partial charge < -0.3 is 10.5 Å². The van der Waals surface area contributed by atoms with Crippen LogP contribution in [0, 0.1) is 6.92 Å². The Labute approximate surface area is 141 Å². The molecule has 24 heavy (non-hydrogen) atoms. The van der Waals surface area contributed by atoms with Gasteiger partial charge in [-0.25, -0.2) is 9.48 Å². The number of ether oxygens (including phenoxy) is 1. The van der Waals surface area contributed by atoms with Crippen LogP contribution in [0.2, 0.25) is 0 Å². The molecule has 2 rings (SSSR count). The Kier molecular flexibility index (Phi) is 5.28. The maximum absolute atomic E-state index is 13.0. The molecule has 128 valence electrons. The van der Waals surface area contributed by atoms with Gasteiger partial charge in [-0.1, -0.05) is 43.8 Å². The van der Waals surface area contributed by atoms with Gasteiger partial charge in [-0.15, -0.1) is 0 Å². The maximum atomic E-state index is 13.0. The van der Waals surface area contributed by atoms with E-state index >= 15 is 0 Å². The molecular formula is C18H23N3O3. The first-order valence-corrected chi connectivity index (χ1v) is 7.91. The molecule has 6 nitrogen and oxygen atoms in total. The largest absolute Gasteiger partial charge is 0.444 e. The molecule has 1 atom stereocenters. The Morgan fingerprint density at radius 2 is 2.08 bits per heavy atom. The minimum atomic E-state index is -0.690. The van der Waals surface area contributed by atoms with Gasteiger partial charge in [0.2, 0.25) is 0 Å². The molecule has 0 amide bonds. The van der Waals surface area contributed by atoms with Gasteiger partial charge >= 0.3 is 6.09 Å². The van der Waals surface area contributed by atoms with Crippen molar-refractivity contribution in [2.24, 2.45) is 0 Å². The molecule has 0 aliphatic heterocycles. The predicted molar refractivity (Wildman–Crippen MR) is 95.2 cm³/mol. The number of aryl methyl sites for hydroxylation is 1. The number of carbonyl (C=O) groups is 1. The molecule has 2 N–H and O–H groups in total. The zero-order chi connectivity index (χ0) is 17.9. The number of nitrogens with zero attached hydrogens (tertiary/aromatic N) is 2. The standard InChI is InChI=1S/C18H23N3O3/c1-5-11-24-18(23)21-16(19)15(14-10-8-7-9-12(14)3)17(22)20(21)13(4)6-2/h5,7-10,13H,1,6,11,19H2,2-4H3. The van der Waals surface area contributed by atoms with E-state index in [-0.39, 0.29) is 24.0 Å². The van der Waals surface area contributed by atoms with Gasteiger partial charge in [0.15, 0.2) is 0 Å². The van der Waals surface area contributed by atoms with Crippen LogP contribution in [0.1, 0.15) is 31.9 Å². The molecule has 0 aliphatic rings. The first-order valence-electron chi connectivity index (χ1n) is 7.91. The summed E-state index contributed by atoms with van der Waals surface area (Å²) in [5.74, 6) is 0.0867. The number of hydrogen-bond donors (Lipinski definition) is 1. The number of rotatable bonds is 5. The van der Waals surface area contributed by atoms with Crippen molar-refractivity contribution in [3.05, 3.63) is 52.8 Å². The molecule has 2 aromatic rings. The van der Waals surface area contributed by atoms with Crippen LogP contribution in [0.3, 0.4) is 0 Å². The van der Waals surface area contributed by atoms with Gasteiger partial charge in [0, 0.05) is 0 Å². The van der Waals surface area contributed by atoms with Crippen molar-refractivity contribution >= 4 is 11.9 Å². The van der Waals surface area contributed by atoms with Crippen LogP contribution in [0.4, 0.5) is 10.6 Å². The van der Waals surface area contributed by atoms with Crippen molar-refractivity contribution in [2.45, 2.75) is 33.2 Å². The Morgan fingerprint density at radius 3 is 2.67 bits per heavy atom. The highest BCUT2D eigenvalue weighted by atomic mass is 16.6. The maximum Gasteiger partial charge on any atom is 0.435 e. The van der Waals surface area contributed by atoms with Gasteiger partial charge in [-0.05, 0) is 31.4 Å². The van der Waals surface area contributed by atoms with E-state index in [1.807, 2.05) is 45.0 Å². The summed E-state index contributed by atoms with van der Waals surface area (Å²) in [5, 5.41) is 0. The molecule has 1 aromatic carbocycles. The summed E-state index contributed by atoms with van der Waals surface area (Å²) in [7, 11) is 0. The third-order valence-corrected chi connectivity index (χ3v) is 4.04. The fourth-order valence-corrected chi connectivity index (χ4v) is 2.59. The number of nitrogen functional groups attached to an aromatic ring is 1. The molecule has 0 saturated carbocycles. The van der Waals surface area contributed by atoms with E-state index in [0.29, 0.717) is 17.5 Å². The van der Waals surface area contributed by atoms with E-state index < -0.39 is 6.09 Å². The minimum absolute atomic E-state index is 0.0465. The van der Waals surface area contributed by atoms with E-state index in [9.17, 15) is 9.59 Å². The van der Waals surface area contributed by atoms with Gasteiger partial charge in [0.25, 0.3) is 5.56 Å². The van der Waals surface area contributed by atoms with Crippen LogP contribution in [0.25, 0.3) is 11.1 Å². The van der Waals surface area contributed by atoms with Crippen LogP contribution in [0.5, 0.6) is 0 Å². The first kappa shape index (κ1) is 17.6. The average Bonchev–Trinajstić information content (AvgIpc) is 2.83. The molecule has 1 unspecified atom stereocenters. The smallest absolute Gasteiger partial charge is 0.435 e. The van der Waals surface area contributed by atoms with Crippen molar-refractivity contribution in [1.29, 1.82) is 0 Å². The number of aromatic nitrogens is 2. The number of benzene rings is 1. The number of nitrogens with two attached hydrogens (primary N) is 1. The van der Waals surface area contributed by atoms with Crippen molar-refractivity contribution in [1.82, 2.24) is 9.36 Å². The van der Waals surface area contributed by atoms with Crippen molar-refractivity contribution in [3.8, 4) is 11.1 Å². The van der Waals surface area contributed by atoms with Crippen LogP contribution in [-0.2, 0) is 4.74 Å². The fraction of sp³-hybridized carbons (Fsp3) is 0.333. The quantitative estimate of drug-likeness (QED) is 0.853. The van der Waals surface area contributed by atoms with Crippen molar-refractivity contribution < 1.29 is 9.53 Å². The normalized spacial score (nSPS) is 12.0. The van der Waals surface area contributed by atoms with Crippen LogP contribution >= 0.6 is 0 Å². The van der Waals surface area contributed by atoms with E-state index in [1.54, 1.807) is 0 Å². The minimum Gasteiger partial charge on any atom is -0.444 e. The molecule has 0 fully saturated rings. The number of anilines is 1. The average molecular weight is 329 g/mol. The third-order valence-electron chi connectivity index (χ3n) is 4.04. The second kappa shape index (κ2) is 7.21. The monoisotopic (exact) mass is 329 g/mol. The summed E-state index contributed by atoms with van der Waals surface area (Å²) in [6, 6.07) is 7.24. The molecule has 1 heterocycles. The second-order valence-electron chi connectivity index (χ2n) is 5.66. The van der Waals surface area contributed by atoms with E-state index in [0.717, 1.165) is 10.2 Å². The van der Waals surface area contributed by atoms with Gasteiger partial charge in [0.1, 0.15) is 12.4 Å². The second-order valence-corrected chi connectivity index (χ2v) is 5.66. The van der Waals surface area contributed by atoms with E-state index in [1.165, 1.54) is 10.8 Å². The zero-order valence-corrected chi connectivity index (χ0v) is 14.3. The third kappa shape index (κ3) is 2.99. The Morgan fingerprint density at radius 1 is 1.42 bits per heavy atom. The highest BCUT2D eigenvalue weighted by molar-refractivity contribution is 5.83. The highest BCUT2D eigenvalue weighted by Gasteiger charge is 2.26. The van der Waals surface area contributed by atoms with Gasteiger partial charge in [0.05, 0.1) is 11.6 Å². The van der Waals surface area contributed by atoms with Crippen LogP contribution < -0.4 is 11.3 Å². The molecule has 0 spiro atoms. The van der Waals surface area contributed by atoms with Crippen molar-refractivity contribution in [2.75, 3.05) is 12.3 Å². The summed E-state index contributed by atoms with van der Waals surface area (Å²) in [5.41, 5.74) is 7.84. The molecule has 0 radical (unpaired) electrons. The lowest BCUT2D eigenvalue weighted by Gasteiger charge is -2.16. The van der Waals surface area contributed by atoms with E-state index in [4.69, 9.17) is 10.5 Å². The van der Waals surface area contributed by atoms with Crippen LogP contribution in [0.15, 0.2) is 41.7 Å². The predicted octanol–water partition coefficient (Wildman–Crippen LogP) is 3.35.